The third kappa shape index (κ3) is 2.99. The minimum Gasteiger partial charge on any atom is -0.491 e. The monoisotopic (exact) mass is 222 g/mol. The number of ether oxygens (including phenoxy) is 1. The van der Waals surface area contributed by atoms with Gasteiger partial charge in [0.1, 0.15) is 5.75 Å². The fraction of sp³-hybridized carbons (Fsp3) is 0.462. The topological polar surface area (TPSA) is 46.5 Å². The molecule has 1 aromatic carbocycles. The Morgan fingerprint density at radius 3 is 2.31 bits per heavy atom. The van der Waals surface area contributed by atoms with Gasteiger partial charge < -0.3 is 9.84 Å². The van der Waals surface area contributed by atoms with Crippen LogP contribution in [-0.2, 0) is 0 Å². The van der Waals surface area contributed by atoms with E-state index >= 15 is 0 Å². The van der Waals surface area contributed by atoms with Crippen molar-refractivity contribution in [1.82, 2.24) is 0 Å². The highest BCUT2D eigenvalue weighted by atomic mass is 16.5. The standard InChI is InChI=1S/C13H18O3/c1-8(2)11-6-5-10(13(14)15)7-12(11)16-9(3)4/h5-9H,1-4H3,(H,14,15). The lowest BCUT2D eigenvalue weighted by Crippen LogP contribution is -2.09. The Morgan fingerprint density at radius 1 is 1.25 bits per heavy atom. The molecule has 16 heavy (non-hydrogen) atoms. The molecule has 0 aliphatic rings. The maximum absolute atomic E-state index is 10.9. The van der Waals surface area contributed by atoms with Crippen LogP contribution in [-0.4, -0.2) is 17.2 Å². The zero-order valence-electron chi connectivity index (χ0n) is 10.2. The Hall–Kier alpha value is -1.51. The van der Waals surface area contributed by atoms with Gasteiger partial charge in [-0.05, 0) is 37.5 Å². The third-order valence-electron chi connectivity index (χ3n) is 2.25. The van der Waals surface area contributed by atoms with Crippen LogP contribution in [0, 0.1) is 0 Å². The van der Waals surface area contributed by atoms with Gasteiger partial charge in [-0.1, -0.05) is 19.9 Å². The quantitative estimate of drug-likeness (QED) is 0.850. The maximum Gasteiger partial charge on any atom is 0.335 e. The van der Waals surface area contributed by atoms with E-state index in [2.05, 4.69) is 13.8 Å². The Kier molecular flexibility index (Phi) is 3.93. The highest BCUT2D eigenvalue weighted by molar-refractivity contribution is 5.88. The normalized spacial score (nSPS) is 10.9. The summed E-state index contributed by atoms with van der Waals surface area (Å²) in [5.74, 6) is 0.0606. The van der Waals surface area contributed by atoms with Crippen LogP contribution in [0.25, 0.3) is 0 Å². The molecule has 0 saturated carbocycles. The van der Waals surface area contributed by atoms with Crippen LogP contribution in [0.5, 0.6) is 5.75 Å². The van der Waals surface area contributed by atoms with Gasteiger partial charge in [0.05, 0.1) is 11.7 Å². The lowest BCUT2D eigenvalue weighted by molar-refractivity contribution is 0.0696. The average molecular weight is 222 g/mol. The van der Waals surface area contributed by atoms with Crippen LogP contribution in [0.2, 0.25) is 0 Å². The van der Waals surface area contributed by atoms with Crippen LogP contribution in [0.1, 0.15) is 49.5 Å². The SMILES string of the molecule is CC(C)Oc1cc(C(=O)O)ccc1C(C)C. The fourth-order valence-corrected chi connectivity index (χ4v) is 1.50. The molecule has 1 rings (SSSR count). The molecule has 88 valence electrons. The van der Waals surface area contributed by atoms with Crippen LogP contribution >= 0.6 is 0 Å². The second kappa shape index (κ2) is 5.01. The van der Waals surface area contributed by atoms with E-state index in [1.54, 1.807) is 12.1 Å². The predicted octanol–water partition coefficient (Wildman–Crippen LogP) is 3.30. The van der Waals surface area contributed by atoms with Crippen molar-refractivity contribution < 1.29 is 14.6 Å². The summed E-state index contributed by atoms with van der Waals surface area (Å²) in [6, 6.07) is 5.04. The number of hydrogen-bond acceptors (Lipinski definition) is 2. The van der Waals surface area contributed by atoms with Crippen molar-refractivity contribution in [2.45, 2.75) is 39.7 Å². The molecule has 0 aromatic heterocycles. The first-order chi connectivity index (χ1) is 7.41. The van der Waals surface area contributed by atoms with Gasteiger partial charge in [0, 0.05) is 0 Å². The number of carbonyl (C=O) groups is 1. The molecule has 1 N–H and O–H groups in total. The van der Waals surface area contributed by atoms with Gasteiger partial charge in [-0.2, -0.15) is 0 Å². The lowest BCUT2D eigenvalue weighted by Gasteiger charge is -2.17. The van der Waals surface area contributed by atoms with Crippen molar-refractivity contribution in [1.29, 1.82) is 0 Å². The highest BCUT2D eigenvalue weighted by Crippen LogP contribution is 2.28. The van der Waals surface area contributed by atoms with Gasteiger partial charge in [-0.15, -0.1) is 0 Å². The number of aromatic carboxylic acids is 1. The molecule has 0 unspecified atom stereocenters. The van der Waals surface area contributed by atoms with Crippen LogP contribution < -0.4 is 4.74 Å². The predicted molar refractivity (Wildman–Crippen MR) is 63.3 cm³/mol. The number of benzene rings is 1. The first kappa shape index (κ1) is 12.6. The third-order valence-corrected chi connectivity index (χ3v) is 2.25. The van der Waals surface area contributed by atoms with E-state index in [9.17, 15) is 4.79 Å². The molecular weight excluding hydrogens is 204 g/mol. The van der Waals surface area contributed by atoms with Gasteiger partial charge in [0.2, 0.25) is 0 Å². The summed E-state index contributed by atoms with van der Waals surface area (Å²) in [6.45, 7) is 7.97. The van der Waals surface area contributed by atoms with Gasteiger partial charge >= 0.3 is 5.97 Å². The first-order valence-corrected chi connectivity index (χ1v) is 5.45. The van der Waals surface area contributed by atoms with E-state index < -0.39 is 5.97 Å². The second-order valence-corrected chi connectivity index (χ2v) is 4.38. The van der Waals surface area contributed by atoms with Crippen molar-refractivity contribution in [3.05, 3.63) is 29.3 Å². The van der Waals surface area contributed by atoms with Gasteiger partial charge in [-0.3, -0.25) is 0 Å². The Morgan fingerprint density at radius 2 is 1.88 bits per heavy atom. The summed E-state index contributed by atoms with van der Waals surface area (Å²) in [4.78, 5) is 10.9. The molecule has 0 atom stereocenters. The second-order valence-electron chi connectivity index (χ2n) is 4.38. The molecule has 0 bridgehead atoms. The number of rotatable bonds is 4. The van der Waals surface area contributed by atoms with Gasteiger partial charge in [0.15, 0.2) is 0 Å². The molecule has 0 aliphatic carbocycles. The van der Waals surface area contributed by atoms with E-state index in [1.807, 2.05) is 19.9 Å². The average Bonchev–Trinajstić information content (AvgIpc) is 2.15. The summed E-state index contributed by atoms with van der Waals surface area (Å²) in [5, 5.41) is 8.92. The fourth-order valence-electron chi connectivity index (χ4n) is 1.50. The van der Waals surface area contributed by atoms with Gasteiger partial charge in [0.25, 0.3) is 0 Å². The first-order valence-electron chi connectivity index (χ1n) is 5.45. The molecular formula is C13H18O3. The molecule has 0 amide bonds. The van der Waals surface area contributed by atoms with Crippen LogP contribution in [0.4, 0.5) is 0 Å². The van der Waals surface area contributed by atoms with Crippen LogP contribution in [0.15, 0.2) is 18.2 Å². The van der Waals surface area contributed by atoms with Crippen molar-refractivity contribution in [2.24, 2.45) is 0 Å². The Bertz CT molecular complexity index is 381. The minimum absolute atomic E-state index is 0.0431. The smallest absolute Gasteiger partial charge is 0.335 e. The number of carboxylic acids is 1. The molecule has 0 fully saturated rings. The van der Waals surface area contributed by atoms with E-state index in [-0.39, 0.29) is 11.7 Å². The van der Waals surface area contributed by atoms with E-state index in [0.717, 1.165) is 5.56 Å². The maximum atomic E-state index is 10.9. The lowest BCUT2D eigenvalue weighted by atomic mass is 10.0. The van der Waals surface area contributed by atoms with E-state index in [0.29, 0.717) is 11.7 Å². The Labute approximate surface area is 96.1 Å². The minimum atomic E-state index is -0.927. The summed E-state index contributed by atoms with van der Waals surface area (Å²) in [6.07, 6.45) is 0.0431. The van der Waals surface area contributed by atoms with Crippen molar-refractivity contribution >= 4 is 5.97 Å². The van der Waals surface area contributed by atoms with E-state index in [1.165, 1.54) is 0 Å². The zero-order chi connectivity index (χ0) is 12.3. The molecule has 0 radical (unpaired) electrons. The molecule has 0 saturated heterocycles. The van der Waals surface area contributed by atoms with Crippen molar-refractivity contribution in [3.8, 4) is 5.75 Å². The summed E-state index contributed by atoms with van der Waals surface area (Å²) in [5.41, 5.74) is 1.30. The number of hydrogen-bond donors (Lipinski definition) is 1. The molecule has 3 nitrogen and oxygen atoms in total. The van der Waals surface area contributed by atoms with Crippen molar-refractivity contribution in [3.63, 3.8) is 0 Å². The molecule has 0 heterocycles. The van der Waals surface area contributed by atoms with Crippen molar-refractivity contribution in [2.75, 3.05) is 0 Å². The molecule has 1 aromatic rings. The molecule has 0 aliphatic heterocycles. The largest absolute Gasteiger partial charge is 0.491 e. The van der Waals surface area contributed by atoms with Gasteiger partial charge in [-0.25, -0.2) is 4.79 Å². The Balaban J connectivity index is 3.15. The summed E-state index contributed by atoms with van der Waals surface area (Å²) >= 11 is 0. The number of carboxylic acid groups (broad SMARTS) is 1. The zero-order valence-corrected chi connectivity index (χ0v) is 10.2. The van der Waals surface area contributed by atoms with E-state index in [4.69, 9.17) is 9.84 Å². The highest BCUT2D eigenvalue weighted by Gasteiger charge is 2.12. The summed E-state index contributed by atoms with van der Waals surface area (Å²) < 4.78 is 5.63. The summed E-state index contributed by atoms with van der Waals surface area (Å²) in [7, 11) is 0. The van der Waals surface area contributed by atoms with Crippen LogP contribution in [0.3, 0.4) is 0 Å². The molecule has 0 spiro atoms. The molecule has 3 heteroatoms.